The number of benzene rings is 2. The van der Waals surface area contributed by atoms with Crippen molar-refractivity contribution in [1.82, 2.24) is 4.98 Å². The SMILES string of the molecule is CN(Cc1ccccc1)c1ccc(NC(=O)Nc2ccccc2)cn1. The van der Waals surface area contributed by atoms with Gasteiger partial charge in [0.2, 0.25) is 0 Å². The van der Waals surface area contributed by atoms with Crippen molar-refractivity contribution in [2.24, 2.45) is 0 Å². The van der Waals surface area contributed by atoms with E-state index in [9.17, 15) is 4.79 Å². The zero-order chi connectivity index (χ0) is 17.5. The summed E-state index contributed by atoms with van der Waals surface area (Å²) in [5.41, 5.74) is 2.61. The maximum Gasteiger partial charge on any atom is 0.323 e. The van der Waals surface area contributed by atoms with Crippen LogP contribution in [0.25, 0.3) is 0 Å². The number of rotatable bonds is 5. The Labute approximate surface area is 147 Å². The molecule has 0 aliphatic heterocycles. The molecule has 25 heavy (non-hydrogen) atoms. The molecule has 0 atom stereocenters. The summed E-state index contributed by atoms with van der Waals surface area (Å²) in [5, 5.41) is 5.55. The van der Waals surface area contributed by atoms with E-state index in [0.29, 0.717) is 5.69 Å². The number of aromatic nitrogens is 1. The number of urea groups is 1. The van der Waals surface area contributed by atoms with Crippen molar-refractivity contribution in [3.8, 4) is 0 Å². The zero-order valence-electron chi connectivity index (χ0n) is 14.0. The smallest absolute Gasteiger partial charge is 0.323 e. The monoisotopic (exact) mass is 332 g/mol. The number of hydrogen-bond acceptors (Lipinski definition) is 3. The predicted molar refractivity (Wildman–Crippen MR) is 102 cm³/mol. The lowest BCUT2D eigenvalue weighted by Crippen LogP contribution is -2.20. The highest BCUT2D eigenvalue weighted by Crippen LogP contribution is 2.16. The van der Waals surface area contributed by atoms with E-state index in [0.717, 1.165) is 18.1 Å². The molecule has 2 amide bonds. The van der Waals surface area contributed by atoms with Crippen LogP contribution in [0.5, 0.6) is 0 Å². The van der Waals surface area contributed by atoms with Gasteiger partial charge in [-0.05, 0) is 29.8 Å². The maximum absolute atomic E-state index is 12.0. The maximum atomic E-state index is 12.0. The molecule has 0 unspecified atom stereocenters. The Bertz CT molecular complexity index is 804. The van der Waals surface area contributed by atoms with Crippen LogP contribution < -0.4 is 15.5 Å². The number of hydrogen-bond donors (Lipinski definition) is 2. The summed E-state index contributed by atoms with van der Waals surface area (Å²) < 4.78 is 0. The number of nitrogens with one attached hydrogen (secondary N) is 2. The third-order valence-electron chi connectivity index (χ3n) is 3.69. The third kappa shape index (κ3) is 4.81. The van der Waals surface area contributed by atoms with Crippen LogP contribution in [-0.2, 0) is 6.54 Å². The first-order valence-corrected chi connectivity index (χ1v) is 8.05. The van der Waals surface area contributed by atoms with E-state index in [4.69, 9.17) is 0 Å². The Morgan fingerprint density at radius 2 is 1.52 bits per heavy atom. The molecular formula is C20H20N4O. The second-order valence-electron chi connectivity index (χ2n) is 5.69. The first-order chi connectivity index (χ1) is 12.2. The number of carbonyl (C=O) groups excluding carboxylic acids is 1. The summed E-state index contributed by atoms with van der Waals surface area (Å²) in [6.45, 7) is 0.773. The topological polar surface area (TPSA) is 57.3 Å². The predicted octanol–water partition coefficient (Wildman–Crippen LogP) is 4.36. The summed E-state index contributed by atoms with van der Waals surface area (Å²) in [7, 11) is 1.99. The van der Waals surface area contributed by atoms with E-state index in [1.54, 1.807) is 6.20 Å². The molecule has 3 rings (SSSR count). The molecule has 0 fully saturated rings. The molecule has 126 valence electrons. The number of pyridine rings is 1. The van der Waals surface area contributed by atoms with Crippen LogP contribution in [0.15, 0.2) is 79.0 Å². The molecule has 5 heteroatoms. The molecule has 0 saturated carbocycles. The van der Waals surface area contributed by atoms with Gasteiger partial charge in [0.05, 0.1) is 11.9 Å². The van der Waals surface area contributed by atoms with Crippen LogP contribution in [0.2, 0.25) is 0 Å². The van der Waals surface area contributed by atoms with Crippen LogP contribution in [0, 0.1) is 0 Å². The minimum absolute atomic E-state index is 0.293. The van der Waals surface area contributed by atoms with Crippen molar-refractivity contribution in [1.29, 1.82) is 0 Å². The normalized spacial score (nSPS) is 10.1. The van der Waals surface area contributed by atoms with E-state index in [2.05, 4.69) is 32.7 Å². The Balaban J connectivity index is 1.57. The molecule has 1 aromatic heterocycles. The fourth-order valence-corrected chi connectivity index (χ4v) is 2.44. The lowest BCUT2D eigenvalue weighted by molar-refractivity contribution is 0.262. The highest BCUT2D eigenvalue weighted by molar-refractivity contribution is 5.99. The summed E-state index contributed by atoms with van der Waals surface area (Å²) in [6.07, 6.45) is 1.65. The van der Waals surface area contributed by atoms with Gasteiger partial charge >= 0.3 is 6.03 Å². The molecule has 0 radical (unpaired) electrons. The van der Waals surface area contributed by atoms with Crippen LogP contribution >= 0.6 is 0 Å². The zero-order valence-corrected chi connectivity index (χ0v) is 14.0. The molecule has 0 aliphatic carbocycles. The van der Waals surface area contributed by atoms with Gasteiger partial charge in [-0.2, -0.15) is 0 Å². The molecule has 0 aliphatic rings. The Morgan fingerprint density at radius 3 is 2.16 bits per heavy atom. The molecule has 1 heterocycles. The summed E-state index contributed by atoms with van der Waals surface area (Å²) in [5.74, 6) is 0.845. The van der Waals surface area contributed by atoms with Crippen LogP contribution in [0.4, 0.5) is 22.0 Å². The second-order valence-corrected chi connectivity index (χ2v) is 5.69. The largest absolute Gasteiger partial charge is 0.355 e. The number of para-hydroxylation sites is 1. The quantitative estimate of drug-likeness (QED) is 0.730. The van der Waals surface area contributed by atoms with Crippen LogP contribution in [0.3, 0.4) is 0 Å². The highest BCUT2D eigenvalue weighted by Gasteiger charge is 2.06. The molecular weight excluding hydrogens is 312 g/mol. The van der Waals surface area contributed by atoms with Crippen LogP contribution in [-0.4, -0.2) is 18.1 Å². The van der Waals surface area contributed by atoms with Crippen molar-refractivity contribution in [3.63, 3.8) is 0 Å². The number of anilines is 3. The fraction of sp³-hybridized carbons (Fsp3) is 0.100. The van der Waals surface area contributed by atoms with Gasteiger partial charge in [-0.3, -0.25) is 0 Å². The van der Waals surface area contributed by atoms with E-state index >= 15 is 0 Å². The van der Waals surface area contributed by atoms with Gasteiger partial charge < -0.3 is 15.5 Å². The third-order valence-corrected chi connectivity index (χ3v) is 3.69. The molecule has 2 aromatic carbocycles. The lowest BCUT2D eigenvalue weighted by Gasteiger charge is -2.18. The van der Waals surface area contributed by atoms with Crippen molar-refractivity contribution >= 4 is 23.2 Å². The molecule has 5 nitrogen and oxygen atoms in total. The Kier molecular flexibility index (Phi) is 5.26. The molecule has 0 saturated heterocycles. The first-order valence-electron chi connectivity index (χ1n) is 8.05. The van der Waals surface area contributed by atoms with E-state index in [1.165, 1.54) is 5.56 Å². The van der Waals surface area contributed by atoms with Crippen LogP contribution in [0.1, 0.15) is 5.56 Å². The van der Waals surface area contributed by atoms with Gasteiger partial charge in [0.1, 0.15) is 5.82 Å². The molecule has 2 N–H and O–H groups in total. The first kappa shape index (κ1) is 16.5. The highest BCUT2D eigenvalue weighted by atomic mass is 16.2. The molecule has 0 bridgehead atoms. The number of nitrogens with zero attached hydrogens (tertiary/aromatic N) is 2. The molecule has 3 aromatic rings. The number of amides is 2. The van der Waals surface area contributed by atoms with Gasteiger partial charge in [-0.25, -0.2) is 9.78 Å². The van der Waals surface area contributed by atoms with Gasteiger partial charge in [0.15, 0.2) is 0 Å². The summed E-state index contributed by atoms with van der Waals surface area (Å²) >= 11 is 0. The van der Waals surface area contributed by atoms with Crippen molar-refractivity contribution in [2.75, 3.05) is 22.6 Å². The van der Waals surface area contributed by atoms with Gasteiger partial charge in [-0.15, -0.1) is 0 Å². The van der Waals surface area contributed by atoms with Crippen molar-refractivity contribution < 1.29 is 4.79 Å². The van der Waals surface area contributed by atoms with E-state index in [1.807, 2.05) is 67.7 Å². The Morgan fingerprint density at radius 1 is 0.880 bits per heavy atom. The van der Waals surface area contributed by atoms with E-state index < -0.39 is 0 Å². The van der Waals surface area contributed by atoms with Gasteiger partial charge in [0, 0.05) is 19.3 Å². The van der Waals surface area contributed by atoms with Crippen molar-refractivity contribution in [2.45, 2.75) is 6.54 Å². The summed E-state index contributed by atoms with van der Waals surface area (Å²) in [4.78, 5) is 18.5. The standard InChI is InChI=1S/C20H20N4O/c1-24(15-16-8-4-2-5-9-16)19-13-12-18(14-21-19)23-20(25)22-17-10-6-3-7-11-17/h2-14H,15H2,1H3,(H2,22,23,25). The summed E-state index contributed by atoms with van der Waals surface area (Å²) in [6, 6.07) is 23.0. The van der Waals surface area contributed by atoms with E-state index in [-0.39, 0.29) is 6.03 Å². The average molecular weight is 332 g/mol. The minimum Gasteiger partial charge on any atom is -0.355 e. The minimum atomic E-state index is -0.293. The lowest BCUT2D eigenvalue weighted by atomic mass is 10.2. The molecule has 0 spiro atoms. The van der Waals surface area contributed by atoms with Crippen molar-refractivity contribution in [3.05, 3.63) is 84.6 Å². The second kappa shape index (κ2) is 7.97. The number of carbonyl (C=O) groups is 1. The Hall–Kier alpha value is -3.34. The van der Waals surface area contributed by atoms with Gasteiger partial charge in [0.25, 0.3) is 0 Å². The average Bonchev–Trinajstić information content (AvgIpc) is 2.64. The fourth-order valence-electron chi connectivity index (χ4n) is 2.44. The van der Waals surface area contributed by atoms with Gasteiger partial charge in [-0.1, -0.05) is 48.5 Å².